The summed E-state index contributed by atoms with van der Waals surface area (Å²) in [5.74, 6) is 3.11. The summed E-state index contributed by atoms with van der Waals surface area (Å²) in [4.78, 5) is 0. The number of ether oxygens (including phenoxy) is 1. The van der Waals surface area contributed by atoms with Gasteiger partial charge in [0.1, 0.15) is 5.75 Å². The minimum Gasteiger partial charge on any atom is -0.406 e. The molecule has 0 amide bonds. The molecule has 0 spiro atoms. The van der Waals surface area contributed by atoms with Crippen LogP contribution in [0.25, 0.3) is 10.8 Å². The molecule has 0 N–H and O–H groups in total. The van der Waals surface area contributed by atoms with Crippen LogP contribution in [0, 0.1) is 17.8 Å². The van der Waals surface area contributed by atoms with Gasteiger partial charge in [0.25, 0.3) is 0 Å². The Bertz CT molecular complexity index is 798. The van der Waals surface area contributed by atoms with E-state index in [2.05, 4.69) is 23.8 Å². The molecule has 1 nitrogen and oxygen atoms in total. The summed E-state index contributed by atoms with van der Waals surface area (Å²) in [5, 5.41) is 1.77. The van der Waals surface area contributed by atoms with Crippen LogP contribution in [0.5, 0.6) is 5.75 Å². The van der Waals surface area contributed by atoms with Gasteiger partial charge >= 0.3 is 6.36 Å². The second kappa shape index (κ2) is 7.37. The molecular formula is C23H27F3O. The van der Waals surface area contributed by atoms with Gasteiger partial charge in [-0.3, -0.25) is 0 Å². The van der Waals surface area contributed by atoms with Gasteiger partial charge < -0.3 is 4.74 Å². The number of halogens is 3. The highest BCUT2D eigenvalue weighted by molar-refractivity contribution is 5.84. The second-order valence-corrected chi connectivity index (χ2v) is 8.43. The van der Waals surface area contributed by atoms with E-state index >= 15 is 0 Å². The van der Waals surface area contributed by atoms with Crippen LogP contribution in [0.4, 0.5) is 13.2 Å². The van der Waals surface area contributed by atoms with Crippen LogP contribution in [0.1, 0.15) is 63.4 Å². The molecule has 27 heavy (non-hydrogen) atoms. The zero-order chi connectivity index (χ0) is 19.0. The molecule has 0 heterocycles. The van der Waals surface area contributed by atoms with E-state index in [0.29, 0.717) is 5.92 Å². The van der Waals surface area contributed by atoms with Crippen molar-refractivity contribution in [1.29, 1.82) is 0 Å². The predicted octanol–water partition coefficient (Wildman–Crippen LogP) is 7.45. The standard InChI is InChI=1S/C23H27F3O/c1-2-15-3-4-17-12-18(6-5-16(17)11-15)19-7-8-21-14-22(27-23(24,25)26)10-9-20(21)13-19/h7-10,13-18H,2-6,11-12H2,1H3/t15-,16?,17-,18?/m1/s1. The quantitative estimate of drug-likeness (QED) is 0.540. The van der Waals surface area contributed by atoms with Gasteiger partial charge in [0, 0.05) is 0 Å². The molecule has 2 unspecified atom stereocenters. The highest BCUT2D eigenvalue weighted by Gasteiger charge is 2.35. The molecule has 0 saturated heterocycles. The van der Waals surface area contributed by atoms with Gasteiger partial charge in [-0.2, -0.15) is 0 Å². The van der Waals surface area contributed by atoms with E-state index in [4.69, 9.17) is 0 Å². The van der Waals surface area contributed by atoms with Crippen molar-refractivity contribution in [1.82, 2.24) is 0 Å². The van der Waals surface area contributed by atoms with Gasteiger partial charge in [-0.05, 0) is 84.2 Å². The van der Waals surface area contributed by atoms with Crippen molar-refractivity contribution in [2.24, 2.45) is 17.8 Å². The highest BCUT2D eigenvalue weighted by atomic mass is 19.4. The molecule has 0 aromatic heterocycles. The second-order valence-electron chi connectivity index (χ2n) is 8.43. The van der Waals surface area contributed by atoms with Crippen LogP contribution >= 0.6 is 0 Å². The lowest BCUT2D eigenvalue weighted by Gasteiger charge is -2.42. The van der Waals surface area contributed by atoms with E-state index in [0.717, 1.165) is 28.5 Å². The molecule has 2 aliphatic rings. The molecule has 0 radical (unpaired) electrons. The molecule has 2 fully saturated rings. The summed E-state index contributed by atoms with van der Waals surface area (Å²) >= 11 is 0. The first-order valence-electron chi connectivity index (χ1n) is 10.2. The van der Waals surface area contributed by atoms with Crippen molar-refractivity contribution < 1.29 is 17.9 Å². The van der Waals surface area contributed by atoms with Crippen molar-refractivity contribution in [2.45, 2.75) is 64.1 Å². The fraction of sp³-hybridized carbons (Fsp3) is 0.565. The van der Waals surface area contributed by atoms with E-state index in [1.54, 1.807) is 6.07 Å². The van der Waals surface area contributed by atoms with Crippen molar-refractivity contribution in [2.75, 3.05) is 0 Å². The smallest absolute Gasteiger partial charge is 0.406 e. The minimum absolute atomic E-state index is 0.157. The fourth-order valence-electron chi connectivity index (χ4n) is 5.35. The summed E-state index contributed by atoms with van der Waals surface area (Å²) < 4.78 is 41.3. The lowest BCUT2D eigenvalue weighted by molar-refractivity contribution is -0.274. The maximum atomic E-state index is 12.4. The normalized spacial score (nSPS) is 28.7. The van der Waals surface area contributed by atoms with Gasteiger partial charge in [-0.15, -0.1) is 13.2 Å². The monoisotopic (exact) mass is 376 g/mol. The number of fused-ring (bicyclic) bond motifs is 2. The molecule has 2 aromatic rings. The van der Waals surface area contributed by atoms with Crippen LogP contribution in [-0.2, 0) is 0 Å². The summed E-state index contributed by atoms with van der Waals surface area (Å²) in [5.41, 5.74) is 1.34. The maximum Gasteiger partial charge on any atom is 0.573 e. The molecule has 4 rings (SSSR count). The van der Waals surface area contributed by atoms with Crippen LogP contribution in [0.3, 0.4) is 0 Å². The summed E-state index contributed by atoms with van der Waals surface area (Å²) in [6, 6.07) is 10.8. The first-order chi connectivity index (χ1) is 12.9. The molecule has 2 aliphatic carbocycles. The Kier molecular flexibility index (Phi) is 5.09. The molecule has 2 aromatic carbocycles. The third-order valence-electron chi connectivity index (χ3n) is 6.84. The third-order valence-corrected chi connectivity index (χ3v) is 6.84. The number of alkyl halides is 3. The number of benzene rings is 2. The van der Waals surface area contributed by atoms with E-state index in [1.165, 1.54) is 62.6 Å². The van der Waals surface area contributed by atoms with Crippen LogP contribution in [0.2, 0.25) is 0 Å². The average Bonchev–Trinajstić information content (AvgIpc) is 2.65. The summed E-state index contributed by atoms with van der Waals surface area (Å²) in [6.45, 7) is 2.32. The van der Waals surface area contributed by atoms with E-state index in [1.807, 2.05) is 6.07 Å². The van der Waals surface area contributed by atoms with Crippen molar-refractivity contribution in [3.63, 3.8) is 0 Å². The Balaban J connectivity index is 1.49. The number of hydrogen-bond acceptors (Lipinski definition) is 1. The van der Waals surface area contributed by atoms with Gasteiger partial charge in [0.05, 0.1) is 0 Å². The van der Waals surface area contributed by atoms with E-state index in [-0.39, 0.29) is 5.75 Å². The van der Waals surface area contributed by atoms with Gasteiger partial charge in [0.2, 0.25) is 0 Å². The lowest BCUT2D eigenvalue weighted by atomic mass is 9.63. The van der Waals surface area contributed by atoms with Gasteiger partial charge in [0.15, 0.2) is 0 Å². The van der Waals surface area contributed by atoms with Crippen LogP contribution < -0.4 is 4.74 Å². The zero-order valence-electron chi connectivity index (χ0n) is 15.8. The summed E-state index contributed by atoms with van der Waals surface area (Å²) in [6.07, 6.45) is 4.64. The molecule has 146 valence electrons. The van der Waals surface area contributed by atoms with Crippen molar-refractivity contribution in [3.05, 3.63) is 42.0 Å². The Morgan fingerprint density at radius 3 is 2.37 bits per heavy atom. The predicted molar refractivity (Wildman–Crippen MR) is 102 cm³/mol. The zero-order valence-corrected chi connectivity index (χ0v) is 15.8. The lowest BCUT2D eigenvalue weighted by Crippen LogP contribution is -2.30. The minimum atomic E-state index is -4.65. The first kappa shape index (κ1) is 18.6. The molecule has 2 saturated carbocycles. The maximum absolute atomic E-state index is 12.4. The largest absolute Gasteiger partial charge is 0.573 e. The van der Waals surface area contributed by atoms with Crippen molar-refractivity contribution in [3.8, 4) is 5.75 Å². The van der Waals surface area contributed by atoms with E-state index < -0.39 is 6.36 Å². The Labute approximate surface area is 158 Å². The van der Waals surface area contributed by atoms with Gasteiger partial charge in [-0.25, -0.2) is 0 Å². The Hall–Kier alpha value is -1.71. The number of rotatable bonds is 3. The molecule has 4 atom stereocenters. The van der Waals surface area contributed by atoms with Crippen LogP contribution in [-0.4, -0.2) is 6.36 Å². The topological polar surface area (TPSA) is 9.23 Å². The SMILES string of the molecule is CC[C@@H]1CC[C@@H]2CC(c3ccc4cc(OC(F)(F)F)ccc4c3)CCC2C1. The third kappa shape index (κ3) is 4.25. The Morgan fingerprint density at radius 1 is 0.889 bits per heavy atom. The average molecular weight is 376 g/mol. The van der Waals surface area contributed by atoms with Crippen molar-refractivity contribution >= 4 is 10.8 Å². The molecule has 0 aliphatic heterocycles. The molecule has 4 heteroatoms. The number of hydrogen-bond donors (Lipinski definition) is 0. The fourth-order valence-corrected chi connectivity index (χ4v) is 5.35. The molecular weight excluding hydrogens is 349 g/mol. The Morgan fingerprint density at radius 2 is 1.59 bits per heavy atom. The summed E-state index contributed by atoms with van der Waals surface area (Å²) in [7, 11) is 0. The van der Waals surface area contributed by atoms with E-state index in [9.17, 15) is 13.2 Å². The first-order valence-corrected chi connectivity index (χ1v) is 10.2. The molecule has 0 bridgehead atoms. The van der Waals surface area contributed by atoms with Crippen LogP contribution in [0.15, 0.2) is 36.4 Å². The van der Waals surface area contributed by atoms with Gasteiger partial charge in [-0.1, -0.05) is 44.0 Å². The highest BCUT2D eigenvalue weighted by Crippen LogP contribution is 2.48.